The molecule has 15 heteroatoms. The Bertz CT molecular complexity index is 2140. The van der Waals surface area contributed by atoms with E-state index in [0.717, 1.165) is 6.08 Å². The maximum Gasteiger partial charge on any atom is 0.333 e. The molecule has 2 aliphatic rings. The fraction of sp³-hybridized carbons (Fsp3) is 0.326. The largest absolute Gasteiger partial charge is 0.485 e. The number of hydrogen-bond donors (Lipinski definition) is 0. The topological polar surface area (TPSA) is 180 Å². The van der Waals surface area contributed by atoms with Crippen molar-refractivity contribution in [1.82, 2.24) is 4.98 Å². The second kappa shape index (κ2) is 19.7. The van der Waals surface area contributed by atoms with Crippen molar-refractivity contribution in [3.8, 4) is 34.5 Å². The molecule has 58 heavy (non-hydrogen) atoms. The molecule has 302 valence electrons. The summed E-state index contributed by atoms with van der Waals surface area (Å²) in [6.45, 7) is 6.30. The van der Waals surface area contributed by atoms with Gasteiger partial charge >= 0.3 is 29.8 Å². The van der Waals surface area contributed by atoms with Crippen molar-refractivity contribution in [2.75, 3.05) is 13.4 Å². The van der Waals surface area contributed by atoms with Crippen molar-refractivity contribution in [2.45, 2.75) is 51.4 Å². The molecule has 3 aromatic carbocycles. The lowest BCUT2D eigenvalue weighted by Crippen LogP contribution is -2.30. The zero-order valence-corrected chi connectivity index (χ0v) is 32.3. The Hall–Kier alpha value is -6.35. The molecule has 4 aromatic rings. The Labute approximate surface area is 337 Å². The molecule has 6 rings (SSSR count). The average molecular weight is 812 g/mol. The van der Waals surface area contributed by atoms with E-state index in [2.05, 4.69) is 18.1 Å². The molecule has 0 unspecified atom stereocenters. The first kappa shape index (κ1) is 41.3. The molecule has 0 amide bonds. The van der Waals surface area contributed by atoms with Gasteiger partial charge in [-0.05, 0) is 118 Å². The summed E-state index contributed by atoms with van der Waals surface area (Å²) in [5, 5.41) is 0. The van der Waals surface area contributed by atoms with Gasteiger partial charge in [0.25, 0.3) is 0 Å². The summed E-state index contributed by atoms with van der Waals surface area (Å²) in [5.41, 5.74) is 1.98. The van der Waals surface area contributed by atoms with Crippen LogP contribution in [0.25, 0.3) is 10.2 Å². The van der Waals surface area contributed by atoms with Crippen LogP contribution in [0.1, 0.15) is 51.4 Å². The number of esters is 5. The van der Waals surface area contributed by atoms with Crippen LogP contribution in [0.3, 0.4) is 0 Å². The zero-order valence-electron chi connectivity index (χ0n) is 31.5. The summed E-state index contributed by atoms with van der Waals surface area (Å²) < 4.78 is 38.7. The minimum absolute atomic E-state index is 0.131. The quantitative estimate of drug-likeness (QED) is 0.0483. The van der Waals surface area contributed by atoms with Crippen LogP contribution < -0.4 is 28.4 Å². The smallest absolute Gasteiger partial charge is 0.333 e. The van der Waals surface area contributed by atoms with Gasteiger partial charge in [0.15, 0.2) is 23.9 Å². The van der Waals surface area contributed by atoms with Gasteiger partial charge < -0.3 is 33.2 Å². The first-order valence-corrected chi connectivity index (χ1v) is 19.6. The monoisotopic (exact) mass is 811 g/mol. The van der Waals surface area contributed by atoms with Crippen molar-refractivity contribution in [3.63, 3.8) is 0 Å². The van der Waals surface area contributed by atoms with E-state index in [1.54, 1.807) is 66.2 Å². The maximum atomic E-state index is 13.2. The van der Waals surface area contributed by atoms with Gasteiger partial charge in [-0.3, -0.25) is 24.0 Å². The molecule has 2 fully saturated rings. The highest BCUT2D eigenvalue weighted by molar-refractivity contribution is 7.17. The van der Waals surface area contributed by atoms with Crippen molar-refractivity contribution >= 4 is 57.2 Å². The third-order valence-corrected chi connectivity index (χ3v) is 10.7. The fourth-order valence-corrected chi connectivity index (χ4v) is 7.37. The summed E-state index contributed by atoms with van der Waals surface area (Å²) in [6, 6.07) is 15.8. The molecular weight excluding hydrogens is 771 g/mol. The second-order valence-corrected chi connectivity index (χ2v) is 14.6. The molecule has 1 heterocycles. The molecule has 0 bridgehead atoms. The van der Waals surface area contributed by atoms with E-state index in [9.17, 15) is 28.8 Å². The van der Waals surface area contributed by atoms with E-state index < -0.39 is 35.7 Å². The van der Waals surface area contributed by atoms with Crippen LogP contribution in [-0.2, 0) is 33.5 Å². The number of ketones is 1. The summed E-state index contributed by atoms with van der Waals surface area (Å²) in [7, 11) is 0. The average Bonchev–Trinajstić information content (AvgIpc) is 3.76. The molecular formula is C43H41NO13S. The van der Waals surface area contributed by atoms with Crippen LogP contribution in [-0.4, -0.2) is 54.0 Å². The van der Waals surface area contributed by atoms with Crippen LogP contribution >= 0.6 is 11.3 Å². The lowest BCUT2D eigenvalue weighted by molar-refractivity contribution is -0.145. The number of hydrogen-bond acceptors (Lipinski definition) is 15. The third kappa shape index (κ3) is 10.9. The molecule has 14 nitrogen and oxygen atoms in total. The summed E-state index contributed by atoms with van der Waals surface area (Å²) in [6.07, 6.45) is 5.80. The highest BCUT2D eigenvalue weighted by atomic mass is 32.1. The number of thiazole rings is 1. The Morgan fingerprint density at radius 3 is 1.48 bits per heavy atom. The van der Waals surface area contributed by atoms with Gasteiger partial charge in [0, 0.05) is 6.08 Å². The fourth-order valence-electron chi connectivity index (χ4n) is 6.61. The van der Waals surface area contributed by atoms with Crippen LogP contribution in [0.2, 0.25) is 0 Å². The number of ether oxygens (including phenoxy) is 7. The molecule has 0 atom stereocenters. The van der Waals surface area contributed by atoms with E-state index in [1.807, 2.05) is 0 Å². The number of aromatic nitrogens is 1. The summed E-state index contributed by atoms with van der Waals surface area (Å²) in [4.78, 5) is 79.1. The van der Waals surface area contributed by atoms with Crippen LogP contribution in [0.5, 0.6) is 34.5 Å². The number of benzene rings is 3. The van der Waals surface area contributed by atoms with Crippen molar-refractivity contribution in [2.24, 2.45) is 23.7 Å². The van der Waals surface area contributed by atoms with Crippen molar-refractivity contribution < 1.29 is 61.9 Å². The minimum Gasteiger partial charge on any atom is -0.485 e. The first-order chi connectivity index (χ1) is 28.1. The predicted octanol–water partition coefficient (Wildman–Crippen LogP) is 7.13. The van der Waals surface area contributed by atoms with Gasteiger partial charge in [0.1, 0.15) is 33.2 Å². The van der Waals surface area contributed by atoms with E-state index in [1.165, 1.54) is 17.4 Å². The van der Waals surface area contributed by atoms with Crippen LogP contribution in [0.4, 0.5) is 0 Å². The van der Waals surface area contributed by atoms with E-state index in [-0.39, 0.29) is 42.7 Å². The zero-order chi connectivity index (χ0) is 41.0. The number of carbonyl (C=O) groups excluding carboxylic acids is 6. The van der Waals surface area contributed by atoms with E-state index >= 15 is 0 Å². The van der Waals surface area contributed by atoms with Crippen LogP contribution in [0, 0.1) is 23.7 Å². The maximum absolute atomic E-state index is 13.2. The lowest BCUT2D eigenvalue weighted by Gasteiger charge is -2.26. The van der Waals surface area contributed by atoms with E-state index in [0.29, 0.717) is 90.3 Å². The Morgan fingerprint density at radius 1 is 0.569 bits per heavy atom. The van der Waals surface area contributed by atoms with Gasteiger partial charge in [0.05, 0.1) is 29.2 Å². The SMILES string of the molecule is C=CC(=O)COc1ccc(OC(=O)C2CCC(C(=O)Oc3ccc(OC(=O)C4CCC(C(=O)Oc5ccc(OCOC(=O)C=C)cc5)CC4)c4scnc34)CC2)cc1. The summed E-state index contributed by atoms with van der Waals surface area (Å²) in [5.74, 6) is -1.94. The molecule has 1 aromatic heterocycles. The third-order valence-electron chi connectivity index (χ3n) is 9.91. The summed E-state index contributed by atoms with van der Waals surface area (Å²) >= 11 is 1.25. The Kier molecular flexibility index (Phi) is 14.0. The van der Waals surface area contributed by atoms with Crippen molar-refractivity contribution in [3.05, 3.63) is 91.5 Å². The first-order valence-electron chi connectivity index (χ1n) is 18.7. The van der Waals surface area contributed by atoms with E-state index in [4.69, 9.17) is 33.2 Å². The lowest BCUT2D eigenvalue weighted by atomic mass is 9.82. The molecule has 0 aliphatic heterocycles. The molecule has 0 N–H and O–H groups in total. The highest BCUT2D eigenvalue weighted by Crippen LogP contribution is 2.39. The standard InChI is InChI=1S/C43H41NO13S/c1-3-30(45)23-51-31-13-17-33(18-14-31)54-40(47)26-5-9-28(10-6-26)42(49)56-35-21-22-36(39-38(35)44-24-58-39)57-43(50)29-11-7-27(8-12-29)41(48)55-34-19-15-32(16-20-34)52-25-53-37(46)4-2/h3-4,13-22,24,26-29H,1-2,5-12,23,25H2. The molecule has 2 aliphatic carbocycles. The Morgan fingerprint density at radius 2 is 1.00 bits per heavy atom. The number of rotatable bonds is 16. The molecule has 0 radical (unpaired) electrons. The number of fused-ring (bicyclic) bond motifs is 1. The highest BCUT2D eigenvalue weighted by Gasteiger charge is 2.34. The molecule has 2 saturated carbocycles. The van der Waals surface area contributed by atoms with Gasteiger partial charge in [0.2, 0.25) is 6.79 Å². The number of nitrogens with zero attached hydrogens (tertiary/aromatic N) is 1. The second-order valence-electron chi connectivity index (χ2n) is 13.7. The van der Waals surface area contributed by atoms with Gasteiger partial charge in [-0.15, -0.1) is 11.3 Å². The molecule has 0 saturated heterocycles. The normalized spacial score (nSPS) is 18.8. The Balaban J connectivity index is 0.933. The van der Waals surface area contributed by atoms with Crippen LogP contribution in [0.15, 0.2) is 91.5 Å². The minimum atomic E-state index is -0.607. The number of carbonyl (C=O) groups is 6. The van der Waals surface area contributed by atoms with Crippen molar-refractivity contribution in [1.29, 1.82) is 0 Å². The predicted molar refractivity (Wildman–Crippen MR) is 208 cm³/mol. The van der Waals surface area contributed by atoms with Gasteiger partial charge in [-0.1, -0.05) is 13.2 Å². The van der Waals surface area contributed by atoms with Gasteiger partial charge in [-0.2, -0.15) is 0 Å². The molecule has 0 spiro atoms. The van der Waals surface area contributed by atoms with Gasteiger partial charge in [-0.25, -0.2) is 9.78 Å².